The summed E-state index contributed by atoms with van der Waals surface area (Å²) in [5, 5.41) is 0. The van der Waals surface area contributed by atoms with Crippen molar-refractivity contribution in [3.8, 4) is 0 Å². The Hall–Kier alpha value is -0.960. The Labute approximate surface area is 68.9 Å². The van der Waals surface area contributed by atoms with Gasteiger partial charge in [0.25, 0.3) is 0 Å². The molecule has 1 heterocycles. The first-order chi connectivity index (χ1) is 5.33. The summed E-state index contributed by atoms with van der Waals surface area (Å²) in [4.78, 5) is 10.5. The predicted octanol–water partition coefficient (Wildman–Crippen LogP) is 1.56. The van der Waals surface area contributed by atoms with E-state index in [1.54, 1.807) is 6.07 Å². The summed E-state index contributed by atoms with van der Waals surface area (Å²) in [7, 11) is 0. The molecule has 4 heteroatoms. The van der Waals surface area contributed by atoms with Gasteiger partial charge in [0.1, 0.15) is 12.5 Å². The number of rotatable bonds is 3. The Morgan fingerprint density at radius 1 is 1.73 bits per heavy atom. The summed E-state index contributed by atoms with van der Waals surface area (Å²) in [6.45, 7) is 0.224. The zero-order valence-corrected chi connectivity index (χ0v) is 6.50. The predicted molar refractivity (Wildman–Crippen MR) is 39.2 cm³/mol. The molecule has 0 spiro atoms. The summed E-state index contributed by atoms with van der Waals surface area (Å²) < 4.78 is 9.46. The lowest BCUT2D eigenvalue weighted by atomic mass is 10.4. The van der Waals surface area contributed by atoms with Crippen molar-refractivity contribution < 1.29 is 13.9 Å². The van der Waals surface area contributed by atoms with E-state index in [9.17, 15) is 4.79 Å². The van der Waals surface area contributed by atoms with Crippen LogP contribution in [0, 0.1) is 0 Å². The Bertz CT molecular complexity index is 218. The number of furan rings is 1. The fraction of sp³-hybridized carbons (Fsp3) is 0.286. The van der Waals surface area contributed by atoms with Gasteiger partial charge in [0, 0.05) is 5.56 Å². The third-order valence-corrected chi connectivity index (χ3v) is 1.31. The summed E-state index contributed by atoms with van der Waals surface area (Å²) in [5.41, 5.74) is 0.823. The second-order valence-electron chi connectivity index (χ2n) is 1.93. The topological polar surface area (TPSA) is 39.4 Å². The molecule has 0 saturated heterocycles. The highest BCUT2D eigenvalue weighted by atomic mass is 35.5. The van der Waals surface area contributed by atoms with Crippen molar-refractivity contribution >= 4 is 17.6 Å². The monoisotopic (exact) mass is 174 g/mol. The fourth-order valence-corrected chi connectivity index (χ4v) is 0.654. The van der Waals surface area contributed by atoms with Crippen molar-refractivity contribution in [3.63, 3.8) is 0 Å². The average Bonchev–Trinajstić information content (AvgIpc) is 2.52. The Morgan fingerprint density at radius 2 is 2.55 bits per heavy atom. The summed E-state index contributed by atoms with van der Waals surface area (Å²) >= 11 is 5.19. The van der Waals surface area contributed by atoms with Gasteiger partial charge < -0.3 is 9.15 Å². The Kier molecular flexibility index (Phi) is 2.98. The molecule has 1 aromatic heterocycles. The van der Waals surface area contributed by atoms with Crippen LogP contribution in [-0.2, 0) is 16.1 Å². The van der Waals surface area contributed by atoms with Crippen LogP contribution in [0.15, 0.2) is 23.0 Å². The summed E-state index contributed by atoms with van der Waals surface area (Å²) in [6, 6.07) is 1.72. The van der Waals surface area contributed by atoms with Gasteiger partial charge in [-0.1, -0.05) is 0 Å². The zero-order valence-electron chi connectivity index (χ0n) is 5.75. The van der Waals surface area contributed by atoms with E-state index in [4.69, 9.17) is 20.8 Å². The van der Waals surface area contributed by atoms with Crippen LogP contribution >= 0.6 is 11.6 Å². The molecule has 60 valence electrons. The van der Waals surface area contributed by atoms with Crippen LogP contribution in [-0.4, -0.2) is 11.8 Å². The number of hydrogen-bond donors (Lipinski definition) is 0. The standard InChI is InChI=1S/C7H7ClO3/c8-3-7(9)11-5-6-1-2-10-4-6/h1-2,4H,3,5H2. The van der Waals surface area contributed by atoms with Crippen LogP contribution in [0.2, 0.25) is 0 Å². The molecular weight excluding hydrogens is 168 g/mol. The maximum atomic E-state index is 10.5. The van der Waals surface area contributed by atoms with Crippen molar-refractivity contribution in [2.24, 2.45) is 0 Å². The number of alkyl halides is 1. The van der Waals surface area contributed by atoms with Crippen LogP contribution in [0.1, 0.15) is 5.56 Å². The van der Waals surface area contributed by atoms with Gasteiger partial charge in [0.05, 0.1) is 12.5 Å². The molecule has 3 nitrogen and oxygen atoms in total. The molecule has 0 aromatic carbocycles. The highest BCUT2D eigenvalue weighted by molar-refractivity contribution is 6.26. The van der Waals surface area contributed by atoms with Crippen molar-refractivity contribution in [1.82, 2.24) is 0 Å². The molecule has 0 atom stereocenters. The maximum absolute atomic E-state index is 10.5. The van der Waals surface area contributed by atoms with Gasteiger partial charge in [-0.25, -0.2) is 0 Å². The van der Waals surface area contributed by atoms with Gasteiger partial charge >= 0.3 is 5.97 Å². The second kappa shape index (κ2) is 4.03. The normalized spacial score (nSPS) is 9.55. The van der Waals surface area contributed by atoms with E-state index in [-0.39, 0.29) is 12.5 Å². The van der Waals surface area contributed by atoms with Crippen LogP contribution in [0.25, 0.3) is 0 Å². The zero-order chi connectivity index (χ0) is 8.10. The largest absolute Gasteiger partial charge is 0.472 e. The third kappa shape index (κ3) is 2.63. The minimum Gasteiger partial charge on any atom is -0.472 e. The molecule has 0 aliphatic rings. The third-order valence-electron chi connectivity index (χ3n) is 1.09. The highest BCUT2D eigenvalue weighted by Gasteiger charge is 2.00. The minimum atomic E-state index is -0.423. The van der Waals surface area contributed by atoms with Gasteiger partial charge in [-0.3, -0.25) is 4.79 Å². The van der Waals surface area contributed by atoms with E-state index in [0.717, 1.165) is 5.56 Å². The van der Waals surface area contributed by atoms with Crippen molar-refractivity contribution in [3.05, 3.63) is 24.2 Å². The fourth-order valence-electron chi connectivity index (χ4n) is 0.577. The Balaban J connectivity index is 2.29. The first kappa shape index (κ1) is 8.14. The number of esters is 1. The van der Waals surface area contributed by atoms with Crippen molar-refractivity contribution in [2.45, 2.75) is 6.61 Å². The molecule has 0 saturated carbocycles. The molecule has 0 aliphatic carbocycles. The molecule has 0 unspecified atom stereocenters. The molecule has 1 aromatic rings. The van der Waals surface area contributed by atoms with Gasteiger partial charge in [-0.2, -0.15) is 0 Å². The first-order valence-electron chi connectivity index (χ1n) is 3.05. The van der Waals surface area contributed by atoms with Crippen LogP contribution in [0.5, 0.6) is 0 Å². The lowest BCUT2D eigenvalue weighted by Crippen LogP contribution is -2.04. The minimum absolute atomic E-state index is 0.113. The molecule has 0 aliphatic heterocycles. The van der Waals surface area contributed by atoms with Crippen LogP contribution in [0.4, 0.5) is 0 Å². The van der Waals surface area contributed by atoms with Crippen LogP contribution < -0.4 is 0 Å². The molecular formula is C7H7ClO3. The molecule has 0 radical (unpaired) electrons. The molecule has 1 rings (SSSR count). The first-order valence-corrected chi connectivity index (χ1v) is 3.59. The number of hydrogen-bond acceptors (Lipinski definition) is 3. The van der Waals surface area contributed by atoms with Gasteiger partial charge in [0.15, 0.2) is 0 Å². The van der Waals surface area contributed by atoms with E-state index in [1.165, 1.54) is 12.5 Å². The van der Waals surface area contributed by atoms with E-state index in [2.05, 4.69) is 0 Å². The number of ether oxygens (including phenoxy) is 1. The molecule has 0 bridgehead atoms. The molecule has 0 N–H and O–H groups in total. The average molecular weight is 175 g/mol. The van der Waals surface area contributed by atoms with Crippen molar-refractivity contribution in [2.75, 3.05) is 5.88 Å². The Morgan fingerprint density at radius 3 is 3.09 bits per heavy atom. The second-order valence-corrected chi connectivity index (χ2v) is 2.19. The van der Waals surface area contributed by atoms with Gasteiger partial charge in [-0.15, -0.1) is 11.6 Å². The molecule has 0 fully saturated rings. The lowest BCUT2D eigenvalue weighted by Gasteiger charge is -1.97. The molecule has 0 amide bonds. The van der Waals surface area contributed by atoms with E-state index < -0.39 is 5.97 Å². The number of carbonyl (C=O) groups excluding carboxylic acids is 1. The number of carbonyl (C=O) groups is 1. The quantitative estimate of drug-likeness (QED) is 0.516. The van der Waals surface area contributed by atoms with Gasteiger partial charge in [-0.05, 0) is 6.07 Å². The lowest BCUT2D eigenvalue weighted by molar-refractivity contribution is -0.141. The number of halogens is 1. The summed E-state index contributed by atoms with van der Waals surface area (Å²) in [6.07, 6.45) is 3.03. The summed E-state index contributed by atoms with van der Waals surface area (Å²) in [5.74, 6) is -0.537. The van der Waals surface area contributed by atoms with Crippen molar-refractivity contribution in [1.29, 1.82) is 0 Å². The maximum Gasteiger partial charge on any atom is 0.321 e. The van der Waals surface area contributed by atoms with E-state index in [0.29, 0.717) is 0 Å². The SMILES string of the molecule is O=C(CCl)OCc1ccoc1. The van der Waals surface area contributed by atoms with Gasteiger partial charge in [0.2, 0.25) is 0 Å². The highest BCUT2D eigenvalue weighted by Crippen LogP contribution is 2.01. The van der Waals surface area contributed by atoms with E-state index in [1.807, 2.05) is 0 Å². The van der Waals surface area contributed by atoms with Crippen LogP contribution in [0.3, 0.4) is 0 Å². The smallest absolute Gasteiger partial charge is 0.321 e. The van der Waals surface area contributed by atoms with E-state index >= 15 is 0 Å². The molecule has 11 heavy (non-hydrogen) atoms.